The average molecular weight is 286 g/mol. The zero-order valence-corrected chi connectivity index (χ0v) is 12.6. The van der Waals surface area contributed by atoms with E-state index in [0.717, 1.165) is 38.8 Å². The number of piperidine rings is 1. The maximum absolute atomic E-state index is 12.1. The number of carbonyl (C=O) groups is 1. The van der Waals surface area contributed by atoms with E-state index in [2.05, 4.69) is 11.9 Å². The number of carbonyl (C=O) groups excluding carboxylic acids is 1. The third-order valence-electron chi connectivity index (χ3n) is 3.86. The van der Waals surface area contributed by atoms with Crippen LogP contribution in [0, 0.1) is 0 Å². The third kappa shape index (κ3) is 3.62. The summed E-state index contributed by atoms with van der Waals surface area (Å²) in [7, 11) is 0. The molecule has 2 heterocycles. The molecule has 1 spiro atoms. The van der Waals surface area contributed by atoms with Gasteiger partial charge in [0.25, 0.3) is 0 Å². The van der Waals surface area contributed by atoms with Crippen LogP contribution in [-0.4, -0.2) is 61.4 Å². The van der Waals surface area contributed by atoms with Gasteiger partial charge in [-0.15, -0.1) is 0 Å². The van der Waals surface area contributed by atoms with Crippen LogP contribution in [0.5, 0.6) is 0 Å². The molecule has 0 atom stereocenters. The second-order valence-corrected chi connectivity index (χ2v) is 5.24. The van der Waals surface area contributed by atoms with E-state index in [-0.39, 0.29) is 6.09 Å². The van der Waals surface area contributed by atoms with Gasteiger partial charge in [0.05, 0.1) is 19.8 Å². The summed E-state index contributed by atoms with van der Waals surface area (Å²) >= 11 is 0. The summed E-state index contributed by atoms with van der Waals surface area (Å²) in [5.41, 5.74) is 0. The monoisotopic (exact) mass is 286 g/mol. The Kier molecular flexibility index (Phi) is 5.63. The van der Waals surface area contributed by atoms with Gasteiger partial charge in [0.15, 0.2) is 5.79 Å². The van der Waals surface area contributed by atoms with Crippen LogP contribution in [0.3, 0.4) is 0 Å². The number of amides is 1. The Labute approximate surface area is 120 Å². The van der Waals surface area contributed by atoms with Crippen LogP contribution in [0.4, 0.5) is 4.79 Å². The Hall–Kier alpha value is -0.850. The average Bonchev–Trinajstić information content (AvgIpc) is 2.90. The number of ether oxygens (including phenoxy) is 3. The van der Waals surface area contributed by atoms with Crippen molar-refractivity contribution in [3.8, 4) is 0 Å². The Morgan fingerprint density at radius 2 is 1.90 bits per heavy atom. The molecule has 2 fully saturated rings. The summed E-state index contributed by atoms with van der Waals surface area (Å²) in [6, 6.07) is 0. The van der Waals surface area contributed by atoms with E-state index in [1.807, 2.05) is 6.92 Å². The van der Waals surface area contributed by atoms with E-state index in [1.165, 1.54) is 0 Å². The first-order valence-electron chi connectivity index (χ1n) is 7.68. The molecular weight excluding hydrogens is 260 g/mol. The molecule has 2 rings (SSSR count). The molecule has 0 aromatic heterocycles. The van der Waals surface area contributed by atoms with Crippen molar-refractivity contribution in [2.75, 3.05) is 39.5 Å². The molecule has 0 saturated carbocycles. The van der Waals surface area contributed by atoms with E-state index in [0.29, 0.717) is 26.4 Å². The van der Waals surface area contributed by atoms with Gasteiger partial charge in [-0.2, -0.15) is 0 Å². The zero-order chi connectivity index (χ0) is 14.4. The minimum absolute atomic E-state index is 0.245. The second-order valence-electron chi connectivity index (χ2n) is 5.24. The molecule has 6 heteroatoms. The van der Waals surface area contributed by atoms with Crippen LogP contribution in [-0.2, 0) is 14.2 Å². The van der Waals surface area contributed by atoms with E-state index < -0.39 is 5.79 Å². The number of nitrogens with zero attached hydrogens (tertiary/aromatic N) is 2. The van der Waals surface area contributed by atoms with Gasteiger partial charge in [0.1, 0.15) is 0 Å². The first-order valence-corrected chi connectivity index (χ1v) is 7.68. The molecule has 0 bridgehead atoms. The Morgan fingerprint density at radius 3 is 2.45 bits per heavy atom. The van der Waals surface area contributed by atoms with Crippen LogP contribution >= 0.6 is 0 Å². The predicted octanol–water partition coefficient (Wildman–Crippen LogP) is 2.00. The number of hydrogen-bond acceptors (Lipinski definition) is 5. The molecule has 0 aromatic rings. The molecular formula is C14H26N2O4. The van der Waals surface area contributed by atoms with Crippen LogP contribution in [0.2, 0.25) is 0 Å². The summed E-state index contributed by atoms with van der Waals surface area (Å²) in [5.74, 6) is -0.401. The normalized spacial score (nSPS) is 22.1. The molecule has 20 heavy (non-hydrogen) atoms. The molecule has 0 aromatic carbocycles. The smallest absolute Gasteiger partial charge is 0.424 e. The van der Waals surface area contributed by atoms with E-state index in [4.69, 9.17) is 14.2 Å². The third-order valence-corrected chi connectivity index (χ3v) is 3.86. The van der Waals surface area contributed by atoms with Gasteiger partial charge >= 0.3 is 6.09 Å². The molecule has 116 valence electrons. The second kappa shape index (κ2) is 7.24. The fourth-order valence-corrected chi connectivity index (χ4v) is 2.72. The fraction of sp³-hybridized carbons (Fsp3) is 0.929. The van der Waals surface area contributed by atoms with Crippen molar-refractivity contribution in [3.63, 3.8) is 0 Å². The molecule has 2 aliphatic heterocycles. The first-order chi connectivity index (χ1) is 9.71. The summed E-state index contributed by atoms with van der Waals surface area (Å²) in [4.78, 5) is 12.1. The minimum Gasteiger partial charge on any atom is -0.449 e. The van der Waals surface area contributed by atoms with Crippen molar-refractivity contribution in [1.29, 1.82) is 0 Å². The number of rotatable bonds is 5. The molecule has 0 radical (unpaired) electrons. The summed E-state index contributed by atoms with van der Waals surface area (Å²) < 4.78 is 16.6. The van der Waals surface area contributed by atoms with E-state index in [1.54, 1.807) is 5.01 Å². The molecule has 0 N–H and O–H groups in total. The molecule has 0 aliphatic carbocycles. The highest BCUT2D eigenvalue weighted by Gasteiger charge is 2.41. The van der Waals surface area contributed by atoms with Crippen molar-refractivity contribution >= 4 is 6.09 Å². The van der Waals surface area contributed by atoms with Gasteiger partial charge < -0.3 is 14.2 Å². The molecule has 2 saturated heterocycles. The number of hydrazine groups is 1. The Morgan fingerprint density at radius 1 is 1.25 bits per heavy atom. The van der Waals surface area contributed by atoms with Crippen LogP contribution in [0.1, 0.15) is 39.5 Å². The van der Waals surface area contributed by atoms with Gasteiger partial charge in [-0.05, 0) is 13.3 Å². The van der Waals surface area contributed by atoms with Gasteiger partial charge in [0.2, 0.25) is 0 Å². The highest BCUT2D eigenvalue weighted by atomic mass is 16.7. The van der Waals surface area contributed by atoms with Crippen molar-refractivity contribution in [3.05, 3.63) is 0 Å². The van der Waals surface area contributed by atoms with Crippen LogP contribution in [0.15, 0.2) is 0 Å². The van der Waals surface area contributed by atoms with Gasteiger partial charge in [0, 0.05) is 32.5 Å². The fourth-order valence-electron chi connectivity index (χ4n) is 2.72. The van der Waals surface area contributed by atoms with Gasteiger partial charge in [-0.1, -0.05) is 13.3 Å². The van der Waals surface area contributed by atoms with Gasteiger partial charge in [-0.3, -0.25) is 0 Å². The first kappa shape index (κ1) is 15.5. The Balaban J connectivity index is 1.90. The van der Waals surface area contributed by atoms with E-state index >= 15 is 0 Å². The predicted molar refractivity (Wildman–Crippen MR) is 74.1 cm³/mol. The maximum atomic E-state index is 12.1. The highest BCUT2D eigenvalue weighted by molar-refractivity contribution is 5.66. The lowest BCUT2D eigenvalue weighted by Gasteiger charge is -2.42. The standard InChI is InChI=1S/C14H26N2O4/c1-3-5-8-16(13(17)18-4-2)15-9-6-14(7-10-15)19-11-12-20-14/h3-12H2,1-2H3. The molecule has 2 aliphatic rings. The topological polar surface area (TPSA) is 51.2 Å². The van der Waals surface area contributed by atoms with Crippen molar-refractivity contribution in [2.24, 2.45) is 0 Å². The molecule has 0 unspecified atom stereocenters. The lowest BCUT2D eigenvalue weighted by Crippen LogP contribution is -2.54. The van der Waals surface area contributed by atoms with Crippen LogP contribution < -0.4 is 0 Å². The zero-order valence-electron chi connectivity index (χ0n) is 12.6. The maximum Gasteiger partial charge on any atom is 0.424 e. The number of unbranched alkanes of at least 4 members (excludes halogenated alkanes) is 1. The molecule has 6 nitrogen and oxygen atoms in total. The summed E-state index contributed by atoms with van der Waals surface area (Å²) in [6.07, 6.45) is 3.39. The SMILES string of the molecule is CCCCN(C(=O)OCC)N1CCC2(CC1)OCCO2. The largest absolute Gasteiger partial charge is 0.449 e. The molecule has 1 amide bonds. The summed E-state index contributed by atoms with van der Waals surface area (Å²) in [5, 5.41) is 3.82. The number of hydrogen-bond donors (Lipinski definition) is 0. The van der Waals surface area contributed by atoms with Crippen molar-refractivity contribution in [2.45, 2.75) is 45.3 Å². The summed E-state index contributed by atoms with van der Waals surface area (Å²) in [6.45, 7) is 7.96. The van der Waals surface area contributed by atoms with Gasteiger partial charge in [-0.25, -0.2) is 14.8 Å². The van der Waals surface area contributed by atoms with Crippen LogP contribution in [0.25, 0.3) is 0 Å². The lowest BCUT2D eigenvalue weighted by atomic mass is 10.1. The van der Waals surface area contributed by atoms with E-state index in [9.17, 15) is 4.79 Å². The minimum atomic E-state index is -0.401. The Bertz CT molecular complexity index is 308. The lowest BCUT2D eigenvalue weighted by molar-refractivity contribution is -0.202. The highest BCUT2D eigenvalue weighted by Crippen LogP contribution is 2.31. The van der Waals surface area contributed by atoms with Crippen molar-refractivity contribution < 1.29 is 19.0 Å². The quantitative estimate of drug-likeness (QED) is 0.773. The van der Waals surface area contributed by atoms with Crippen molar-refractivity contribution in [1.82, 2.24) is 10.0 Å².